The Bertz CT molecular complexity index is 1010. The van der Waals surface area contributed by atoms with Crippen LogP contribution in [0.4, 0.5) is 5.69 Å². The zero-order valence-corrected chi connectivity index (χ0v) is 19.5. The van der Waals surface area contributed by atoms with Gasteiger partial charge in [-0.15, -0.1) is 11.3 Å². The Morgan fingerprint density at radius 1 is 1.27 bits per heavy atom. The monoisotopic (exact) mass is 451 g/mol. The summed E-state index contributed by atoms with van der Waals surface area (Å²) < 4.78 is 33.3. The highest BCUT2D eigenvalue weighted by Gasteiger charge is 2.27. The Labute approximate surface area is 182 Å². The summed E-state index contributed by atoms with van der Waals surface area (Å²) in [6.07, 6.45) is 2.77. The molecule has 7 nitrogen and oxygen atoms in total. The van der Waals surface area contributed by atoms with Gasteiger partial charge in [-0.2, -0.15) is 4.31 Å². The van der Waals surface area contributed by atoms with Gasteiger partial charge in [-0.25, -0.2) is 13.4 Å². The third-order valence-corrected chi connectivity index (χ3v) is 8.32. The molecule has 1 aromatic carbocycles. The third kappa shape index (κ3) is 4.84. The highest BCUT2D eigenvalue weighted by atomic mass is 32.2. The molecule has 1 aromatic heterocycles. The standard InChI is InChI=1S/C21H29N3O4S2/c1-5-28-18-10-9-16(30(26,27)24-11-7-6-8-12-24)13-17(18)23-20(25)19-15(4)22-21(29-19)14(2)3/h9-10,13-14H,5-8,11-12H2,1-4H3,(H,23,25). The van der Waals surface area contributed by atoms with Crippen LogP contribution in [0.15, 0.2) is 23.1 Å². The number of carbonyl (C=O) groups is 1. The maximum atomic E-state index is 13.1. The molecule has 3 rings (SSSR count). The Morgan fingerprint density at radius 2 is 1.97 bits per heavy atom. The van der Waals surface area contributed by atoms with Crippen LogP contribution in [0.2, 0.25) is 0 Å². The van der Waals surface area contributed by atoms with Crippen LogP contribution >= 0.6 is 11.3 Å². The molecule has 1 fully saturated rings. The number of piperidine rings is 1. The molecule has 30 heavy (non-hydrogen) atoms. The van der Waals surface area contributed by atoms with Crippen molar-refractivity contribution < 1.29 is 17.9 Å². The number of carbonyl (C=O) groups excluding carboxylic acids is 1. The molecule has 0 radical (unpaired) electrons. The van der Waals surface area contributed by atoms with E-state index in [1.165, 1.54) is 21.7 Å². The first-order chi connectivity index (χ1) is 14.2. The first-order valence-corrected chi connectivity index (χ1v) is 12.5. The average Bonchev–Trinajstić information content (AvgIpc) is 3.12. The summed E-state index contributed by atoms with van der Waals surface area (Å²) in [6, 6.07) is 4.64. The summed E-state index contributed by atoms with van der Waals surface area (Å²) in [5.41, 5.74) is 1.01. The fourth-order valence-corrected chi connectivity index (χ4v) is 5.87. The van der Waals surface area contributed by atoms with E-state index in [1.807, 2.05) is 20.8 Å². The van der Waals surface area contributed by atoms with Gasteiger partial charge in [-0.05, 0) is 44.9 Å². The molecule has 164 valence electrons. The van der Waals surface area contributed by atoms with E-state index < -0.39 is 10.0 Å². The van der Waals surface area contributed by atoms with Gasteiger partial charge in [0.15, 0.2) is 0 Å². The van der Waals surface area contributed by atoms with Gasteiger partial charge in [0.2, 0.25) is 10.0 Å². The molecule has 0 atom stereocenters. The molecule has 0 saturated carbocycles. The minimum atomic E-state index is -3.62. The van der Waals surface area contributed by atoms with Crippen LogP contribution in [0, 0.1) is 6.92 Å². The number of nitrogens with zero attached hydrogens (tertiary/aromatic N) is 2. The quantitative estimate of drug-likeness (QED) is 0.674. The van der Waals surface area contributed by atoms with Crippen molar-refractivity contribution in [2.24, 2.45) is 0 Å². The van der Waals surface area contributed by atoms with Crippen LogP contribution in [0.3, 0.4) is 0 Å². The van der Waals surface area contributed by atoms with Crippen molar-refractivity contribution in [3.8, 4) is 5.75 Å². The number of benzene rings is 1. The lowest BCUT2D eigenvalue weighted by Crippen LogP contribution is -2.35. The number of aromatic nitrogens is 1. The molecule has 1 aliphatic heterocycles. The topological polar surface area (TPSA) is 88.6 Å². The van der Waals surface area contributed by atoms with Crippen molar-refractivity contribution in [3.05, 3.63) is 33.8 Å². The van der Waals surface area contributed by atoms with Gasteiger partial charge in [-0.3, -0.25) is 4.79 Å². The number of amides is 1. The lowest BCUT2D eigenvalue weighted by Gasteiger charge is -2.26. The van der Waals surface area contributed by atoms with Crippen LogP contribution in [0.5, 0.6) is 5.75 Å². The van der Waals surface area contributed by atoms with Crippen LogP contribution in [0.1, 0.15) is 66.3 Å². The lowest BCUT2D eigenvalue weighted by molar-refractivity contribution is 0.102. The summed E-state index contributed by atoms with van der Waals surface area (Å²) in [7, 11) is -3.62. The number of thiazole rings is 1. The van der Waals surface area contributed by atoms with Crippen molar-refractivity contribution in [3.63, 3.8) is 0 Å². The number of hydrogen-bond donors (Lipinski definition) is 1. The highest BCUT2D eigenvalue weighted by Crippen LogP contribution is 2.32. The Hall–Kier alpha value is -1.97. The molecule has 0 unspecified atom stereocenters. The minimum Gasteiger partial charge on any atom is -0.492 e. The minimum absolute atomic E-state index is 0.159. The molecular formula is C21H29N3O4S2. The molecule has 2 aromatic rings. The first-order valence-electron chi connectivity index (χ1n) is 10.3. The van der Waals surface area contributed by atoms with Gasteiger partial charge >= 0.3 is 0 Å². The van der Waals surface area contributed by atoms with Crippen molar-refractivity contribution >= 4 is 33.0 Å². The zero-order chi connectivity index (χ0) is 21.9. The van der Waals surface area contributed by atoms with Crippen molar-refractivity contribution in [2.45, 2.75) is 57.8 Å². The van der Waals surface area contributed by atoms with Crippen LogP contribution in [-0.2, 0) is 10.0 Å². The van der Waals surface area contributed by atoms with Gasteiger partial charge in [0.25, 0.3) is 5.91 Å². The van der Waals surface area contributed by atoms with Crippen molar-refractivity contribution in [1.29, 1.82) is 0 Å². The van der Waals surface area contributed by atoms with Crippen LogP contribution < -0.4 is 10.1 Å². The normalized spacial score (nSPS) is 15.4. The fourth-order valence-electron chi connectivity index (χ4n) is 3.36. The number of hydrogen-bond acceptors (Lipinski definition) is 6. The SMILES string of the molecule is CCOc1ccc(S(=O)(=O)N2CCCCC2)cc1NC(=O)c1sc(C(C)C)nc1C. The number of ether oxygens (including phenoxy) is 1. The van der Waals surface area contributed by atoms with E-state index in [2.05, 4.69) is 10.3 Å². The van der Waals surface area contributed by atoms with Gasteiger partial charge < -0.3 is 10.1 Å². The molecule has 1 aliphatic rings. The summed E-state index contributed by atoms with van der Waals surface area (Å²) in [6.45, 7) is 9.15. The van der Waals surface area contributed by atoms with Crippen LogP contribution in [-0.4, -0.2) is 43.3 Å². The highest BCUT2D eigenvalue weighted by molar-refractivity contribution is 7.89. The summed E-state index contributed by atoms with van der Waals surface area (Å²) in [5.74, 6) is 0.354. The number of nitrogens with one attached hydrogen (secondary N) is 1. The molecule has 9 heteroatoms. The van der Waals surface area contributed by atoms with Gasteiger partial charge in [0.05, 0.1) is 27.9 Å². The maximum absolute atomic E-state index is 13.1. The van der Waals surface area contributed by atoms with E-state index in [0.29, 0.717) is 41.7 Å². The van der Waals surface area contributed by atoms with E-state index in [9.17, 15) is 13.2 Å². The molecule has 0 aliphatic carbocycles. The second kappa shape index (κ2) is 9.45. The third-order valence-electron chi connectivity index (χ3n) is 4.97. The van der Waals surface area contributed by atoms with E-state index in [0.717, 1.165) is 24.3 Å². The van der Waals surface area contributed by atoms with Gasteiger partial charge in [0, 0.05) is 19.0 Å². The molecule has 1 N–H and O–H groups in total. The van der Waals surface area contributed by atoms with Crippen molar-refractivity contribution in [1.82, 2.24) is 9.29 Å². The molecule has 1 saturated heterocycles. The zero-order valence-electron chi connectivity index (χ0n) is 17.9. The average molecular weight is 452 g/mol. The maximum Gasteiger partial charge on any atom is 0.267 e. The Kier molecular flexibility index (Phi) is 7.15. The summed E-state index contributed by atoms with van der Waals surface area (Å²) in [4.78, 5) is 18.1. The summed E-state index contributed by atoms with van der Waals surface area (Å²) in [5, 5.41) is 3.74. The van der Waals surface area contributed by atoms with E-state index in [-0.39, 0.29) is 16.7 Å². The number of aryl methyl sites for hydroxylation is 1. The fraction of sp³-hybridized carbons (Fsp3) is 0.524. The Balaban J connectivity index is 1.92. The molecule has 0 bridgehead atoms. The van der Waals surface area contributed by atoms with Crippen molar-refractivity contribution in [2.75, 3.05) is 25.0 Å². The predicted molar refractivity (Wildman–Crippen MR) is 119 cm³/mol. The number of anilines is 1. The smallest absolute Gasteiger partial charge is 0.267 e. The second-order valence-corrected chi connectivity index (χ2v) is 10.6. The largest absolute Gasteiger partial charge is 0.492 e. The van der Waals surface area contributed by atoms with Gasteiger partial charge in [-0.1, -0.05) is 20.3 Å². The van der Waals surface area contributed by atoms with Crippen LogP contribution in [0.25, 0.3) is 0 Å². The predicted octanol–water partition coefficient (Wildman–Crippen LogP) is 4.40. The summed E-state index contributed by atoms with van der Waals surface area (Å²) >= 11 is 1.36. The lowest BCUT2D eigenvalue weighted by atomic mass is 10.2. The van der Waals surface area contributed by atoms with E-state index >= 15 is 0 Å². The Morgan fingerprint density at radius 3 is 2.57 bits per heavy atom. The molecular weight excluding hydrogens is 422 g/mol. The van der Waals surface area contributed by atoms with E-state index in [1.54, 1.807) is 19.1 Å². The molecule has 2 heterocycles. The molecule has 1 amide bonds. The van der Waals surface area contributed by atoms with Gasteiger partial charge in [0.1, 0.15) is 10.6 Å². The first kappa shape index (κ1) is 22.7. The second-order valence-electron chi connectivity index (χ2n) is 7.63. The van der Waals surface area contributed by atoms with E-state index in [4.69, 9.17) is 4.74 Å². The number of sulfonamides is 1. The number of rotatable bonds is 7. The molecule has 0 spiro atoms.